The smallest absolute Gasteiger partial charge is 0.0654 e. The summed E-state index contributed by atoms with van der Waals surface area (Å²) in [6.07, 6.45) is 5.30. The van der Waals surface area contributed by atoms with Crippen molar-refractivity contribution >= 4 is 47.8 Å². The molecule has 1 unspecified atom stereocenters. The minimum Gasteiger partial charge on any atom is -0.0654 e. The van der Waals surface area contributed by atoms with Gasteiger partial charge < -0.3 is 0 Å². The zero-order chi connectivity index (χ0) is 9.47. The maximum atomic E-state index is 3.54. The summed E-state index contributed by atoms with van der Waals surface area (Å²) in [6.45, 7) is 0. The van der Waals surface area contributed by atoms with E-state index in [2.05, 4.69) is 72.1 Å². The van der Waals surface area contributed by atoms with E-state index in [0.29, 0.717) is 0 Å². The van der Waals surface area contributed by atoms with Crippen LogP contribution in [0.2, 0.25) is 0 Å². The second-order valence-corrected chi connectivity index (χ2v) is 9.86. The molecule has 1 radical (unpaired) electrons. The zero-order valence-corrected chi connectivity index (χ0v) is 11.4. The summed E-state index contributed by atoms with van der Waals surface area (Å²) < 4.78 is -0.257. The average Bonchev–Trinajstić information content (AvgIpc) is 2.45. The highest BCUT2D eigenvalue weighted by molar-refractivity contribution is 9.39. The minimum atomic E-state index is -0.257. The number of allylic oxidation sites excluding steroid dienone is 1. The van der Waals surface area contributed by atoms with Gasteiger partial charge in [0.1, 0.15) is 2.14 Å². The molecular formula is C10H6Br3. The van der Waals surface area contributed by atoms with Gasteiger partial charge in [0.25, 0.3) is 0 Å². The SMILES string of the molecule is BrC(Br)(Br)C1C=[C]c2ccccc21. The Bertz CT molecular complexity index is 349. The fourth-order valence-electron chi connectivity index (χ4n) is 1.43. The number of rotatable bonds is 0. The first-order valence-electron chi connectivity index (χ1n) is 3.84. The molecule has 2 rings (SSSR count). The monoisotopic (exact) mass is 363 g/mol. The van der Waals surface area contributed by atoms with Crippen molar-refractivity contribution in [1.82, 2.24) is 0 Å². The number of halogens is 3. The number of hydrogen-bond donors (Lipinski definition) is 0. The lowest BCUT2D eigenvalue weighted by atomic mass is 10.0. The molecule has 13 heavy (non-hydrogen) atoms. The van der Waals surface area contributed by atoms with Gasteiger partial charge in [0, 0.05) is 5.92 Å². The first-order chi connectivity index (χ1) is 6.09. The van der Waals surface area contributed by atoms with Crippen LogP contribution in [0.5, 0.6) is 0 Å². The Kier molecular flexibility index (Phi) is 2.69. The van der Waals surface area contributed by atoms with Gasteiger partial charge in [0.05, 0.1) is 0 Å². The maximum absolute atomic E-state index is 3.54. The Hall–Kier alpha value is 0.400. The van der Waals surface area contributed by atoms with E-state index in [1.807, 2.05) is 12.1 Å². The Morgan fingerprint density at radius 2 is 1.85 bits per heavy atom. The van der Waals surface area contributed by atoms with Crippen molar-refractivity contribution in [3.8, 4) is 0 Å². The van der Waals surface area contributed by atoms with Crippen molar-refractivity contribution in [3.63, 3.8) is 0 Å². The average molecular weight is 366 g/mol. The van der Waals surface area contributed by atoms with Gasteiger partial charge in [-0.1, -0.05) is 78.1 Å². The van der Waals surface area contributed by atoms with Crippen LogP contribution in [0.1, 0.15) is 17.0 Å². The first-order valence-corrected chi connectivity index (χ1v) is 6.22. The van der Waals surface area contributed by atoms with Crippen LogP contribution in [0.3, 0.4) is 0 Å². The summed E-state index contributed by atoms with van der Waals surface area (Å²) >= 11 is 10.6. The molecule has 0 saturated carbocycles. The van der Waals surface area contributed by atoms with E-state index in [9.17, 15) is 0 Å². The van der Waals surface area contributed by atoms with E-state index in [1.165, 1.54) is 11.1 Å². The summed E-state index contributed by atoms with van der Waals surface area (Å²) in [6, 6.07) is 8.27. The van der Waals surface area contributed by atoms with Crippen molar-refractivity contribution in [2.24, 2.45) is 0 Å². The van der Waals surface area contributed by atoms with E-state index in [1.54, 1.807) is 0 Å². The molecule has 1 aliphatic carbocycles. The Morgan fingerprint density at radius 1 is 1.15 bits per heavy atom. The third-order valence-electron chi connectivity index (χ3n) is 2.05. The van der Waals surface area contributed by atoms with Crippen LogP contribution in [0, 0.1) is 6.08 Å². The normalized spacial score (nSPS) is 20.4. The molecular weight excluding hydrogens is 360 g/mol. The lowest BCUT2D eigenvalue weighted by molar-refractivity contribution is 0.955. The highest BCUT2D eigenvalue weighted by Gasteiger charge is 2.33. The van der Waals surface area contributed by atoms with Crippen LogP contribution >= 0.6 is 47.8 Å². The molecule has 0 fully saturated rings. The van der Waals surface area contributed by atoms with E-state index in [0.717, 1.165) is 0 Å². The highest BCUT2D eigenvalue weighted by atomic mass is 80.0. The van der Waals surface area contributed by atoms with Crippen molar-refractivity contribution in [2.75, 3.05) is 0 Å². The second kappa shape index (κ2) is 3.52. The molecule has 0 amide bonds. The van der Waals surface area contributed by atoms with E-state index < -0.39 is 0 Å². The lowest BCUT2D eigenvalue weighted by Gasteiger charge is -2.20. The molecule has 0 bridgehead atoms. The van der Waals surface area contributed by atoms with Gasteiger partial charge in [-0.15, -0.1) is 0 Å². The van der Waals surface area contributed by atoms with Crippen molar-refractivity contribution in [3.05, 3.63) is 47.5 Å². The Balaban J connectivity index is 2.45. The molecule has 1 aromatic rings. The summed E-state index contributed by atoms with van der Waals surface area (Å²) in [5.74, 6) is 0.281. The number of hydrogen-bond acceptors (Lipinski definition) is 0. The molecule has 0 saturated heterocycles. The molecule has 0 aromatic heterocycles. The van der Waals surface area contributed by atoms with Crippen LogP contribution in [-0.2, 0) is 0 Å². The first kappa shape index (κ1) is 9.94. The van der Waals surface area contributed by atoms with Crippen molar-refractivity contribution in [2.45, 2.75) is 8.06 Å². The van der Waals surface area contributed by atoms with Crippen molar-refractivity contribution < 1.29 is 0 Å². The maximum Gasteiger partial charge on any atom is 0.145 e. The van der Waals surface area contributed by atoms with Gasteiger partial charge in [-0.2, -0.15) is 0 Å². The second-order valence-electron chi connectivity index (χ2n) is 2.92. The van der Waals surface area contributed by atoms with Crippen LogP contribution < -0.4 is 0 Å². The van der Waals surface area contributed by atoms with Gasteiger partial charge in [0.15, 0.2) is 0 Å². The predicted octanol–water partition coefficient (Wildman–Crippen LogP) is 4.33. The van der Waals surface area contributed by atoms with Gasteiger partial charge in [-0.25, -0.2) is 0 Å². The number of fused-ring (bicyclic) bond motifs is 1. The van der Waals surface area contributed by atoms with Gasteiger partial charge in [-0.3, -0.25) is 0 Å². The van der Waals surface area contributed by atoms with Gasteiger partial charge >= 0.3 is 0 Å². The summed E-state index contributed by atoms with van der Waals surface area (Å²) in [5.41, 5.74) is 2.46. The van der Waals surface area contributed by atoms with Crippen LogP contribution in [0.4, 0.5) is 0 Å². The van der Waals surface area contributed by atoms with Crippen molar-refractivity contribution in [1.29, 1.82) is 0 Å². The molecule has 0 heterocycles. The fraction of sp³-hybridized carbons (Fsp3) is 0.200. The summed E-state index contributed by atoms with van der Waals surface area (Å²) in [5, 5.41) is 0. The molecule has 0 N–H and O–H groups in total. The quantitative estimate of drug-likeness (QED) is 0.600. The molecule has 1 aromatic carbocycles. The molecule has 3 heteroatoms. The van der Waals surface area contributed by atoms with E-state index in [-0.39, 0.29) is 8.06 Å². The van der Waals surface area contributed by atoms with E-state index in [4.69, 9.17) is 0 Å². The van der Waals surface area contributed by atoms with Crippen LogP contribution in [0.25, 0.3) is 0 Å². The highest BCUT2D eigenvalue weighted by Crippen LogP contribution is 2.49. The summed E-state index contributed by atoms with van der Waals surface area (Å²) in [4.78, 5) is 0. The van der Waals surface area contributed by atoms with Crippen LogP contribution in [-0.4, -0.2) is 2.14 Å². The largest absolute Gasteiger partial charge is 0.145 e. The molecule has 0 spiro atoms. The zero-order valence-electron chi connectivity index (χ0n) is 6.60. The summed E-state index contributed by atoms with van der Waals surface area (Å²) in [7, 11) is 0. The van der Waals surface area contributed by atoms with Gasteiger partial charge in [0.2, 0.25) is 0 Å². The fourth-order valence-corrected chi connectivity index (χ4v) is 2.57. The standard InChI is InChI=1S/C10H6Br3/c11-10(12,13)9-6-5-7-3-1-2-4-8(7)9/h1-4,6,9H. The predicted molar refractivity (Wildman–Crippen MR) is 65.6 cm³/mol. The number of alkyl halides is 3. The number of benzene rings is 1. The van der Waals surface area contributed by atoms with Crippen LogP contribution in [0.15, 0.2) is 30.3 Å². The van der Waals surface area contributed by atoms with E-state index >= 15 is 0 Å². The molecule has 1 aliphatic rings. The molecule has 0 nitrogen and oxygen atoms in total. The lowest BCUT2D eigenvalue weighted by Crippen LogP contribution is -2.11. The molecule has 0 aliphatic heterocycles. The Labute approximate surface area is 103 Å². The molecule has 1 atom stereocenters. The topological polar surface area (TPSA) is 0 Å². The van der Waals surface area contributed by atoms with Gasteiger partial charge in [-0.05, 0) is 17.2 Å². The minimum absolute atomic E-state index is 0.257. The third-order valence-corrected chi connectivity index (χ3v) is 3.53. The Morgan fingerprint density at radius 3 is 2.54 bits per heavy atom. The molecule has 67 valence electrons. The third kappa shape index (κ3) is 1.92.